The number of hydrogen-bond donors (Lipinski definition) is 1. The second-order valence-electron chi connectivity index (χ2n) is 5.15. The summed E-state index contributed by atoms with van der Waals surface area (Å²) in [5.74, 6) is 0. The Balaban J connectivity index is 1.93. The molecule has 0 atom stereocenters. The number of aromatic amines is 1. The minimum absolute atomic E-state index is 0.204. The van der Waals surface area contributed by atoms with Gasteiger partial charge in [-0.25, -0.2) is 4.79 Å². The van der Waals surface area contributed by atoms with Gasteiger partial charge in [0, 0.05) is 30.2 Å². The maximum atomic E-state index is 12.0. The standard InChI is InChI=1S/C15H17N3O2/c19-14-12-3-1-2-4-13(12)18(15(20)17-14)10-7-11-5-8-16-9-6-11/h5-6,8-9H,1-4,7,10H2,(H,17,19,20). The highest BCUT2D eigenvalue weighted by atomic mass is 16.2. The Morgan fingerprint density at radius 1 is 1.15 bits per heavy atom. The van der Waals surface area contributed by atoms with Crippen LogP contribution < -0.4 is 11.2 Å². The fourth-order valence-electron chi connectivity index (χ4n) is 2.82. The van der Waals surface area contributed by atoms with Gasteiger partial charge in [-0.15, -0.1) is 0 Å². The lowest BCUT2D eigenvalue weighted by Gasteiger charge is -2.19. The molecule has 0 amide bonds. The maximum absolute atomic E-state index is 12.0. The summed E-state index contributed by atoms with van der Waals surface area (Å²) in [7, 11) is 0. The number of aryl methyl sites for hydroxylation is 1. The number of H-pyrrole nitrogens is 1. The number of fused-ring (bicyclic) bond motifs is 1. The van der Waals surface area contributed by atoms with Crippen LogP contribution in [0.25, 0.3) is 0 Å². The van der Waals surface area contributed by atoms with Gasteiger partial charge in [-0.05, 0) is 49.8 Å². The van der Waals surface area contributed by atoms with Gasteiger partial charge in [-0.1, -0.05) is 0 Å². The summed E-state index contributed by atoms with van der Waals surface area (Å²) < 4.78 is 1.73. The molecule has 2 aromatic rings. The van der Waals surface area contributed by atoms with E-state index in [2.05, 4.69) is 9.97 Å². The van der Waals surface area contributed by atoms with E-state index >= 15 is 0 Å². The summed E-state index contributed by atoms with van der Waals surface area (Å²) in [5.41, 5.74) is 2.38. The van der Waals surface area contributed by atoms with Gasteiger partial charge in [0.25, 0.3) is 5.56 Å². The molecule has 3 rings (SSSR count). The number of rotatable bonds is 3. The summed E-state index contributed by atoms with van der Waals surface area (Å²) in [5, 5.41) is 0. The second kappa shape index (κ2) is 5.45. The van der Waals surface area contributed by atoms with Gasteiger partial charge in [0.1, 0.15) is 0 Å². The van der Waals surface area contributed by atoms with E-state index in [0.717, 1.165) is 48.9 Å². The molecular weight excluding hydrogens is 254 g/mol. The Bertz CT molecular complexity index is 716. The van der Waals surface area contributed by atoms with Gasteiger partial charge < -0.3 is 0 Å². The van der Waals surface area contributed by atoms with Crippen molar-refractivity contribution >= 4 is 0 Å². The SMILES string of the molecule is O=c1[nH]c(=O)n(CCc2ccncc2)c2c1CCCC2. The van der Waals surface area contributed by atoms with Crippen LogP contribution in [0.5, 0.6) is 0 Å². The van der Waals surface area contributed by atoms with Crippen LogP contribution in [-0.4, -0.2) is 14.5 Å². The zero-order chi connectivity index (χ0) is 13.9. The summed E-state index contributed by atoms with van der Waals surface area (Å²) in [6, 6.07) is 3.90. The summed E-state index contributed by atoms with van der Waals surface area (Å²) >= 11 is 0. The normalized spacial score (nSPS) is 14.0. The van der Waals surface area contributed by atoms with Gasteiger partial charge in [-0.2, -0.15) is 0 Å². The molecule has 2 heterocycles. The molecule has 0 saturated carbocycles. The van der Waals surface area contributed by atoms with Gasteiger partial charge in [-0.3, -0.25) is 19.3 Å². The molecule has 2 aromatic heterocycles. The van der Waals surface area contributed by atoms with E-state index in [-0.39, 0.29) is 11.2 Å². The van der Waals surface area contributed by atoms with Crippen LogP contribution in [0.1, 0.15) is 29.7 Å². The Morgan fingerprint density at radius 3 is 2.70 bits per heavy atom. The zero-order valence-electron chi connectivity index (χ0n) is 11.3. The number of hydrogen-bond acceptors (Lipinski definition) is 3. The van der Waals surface area contributed by atoms with E-state index in [9.17, 15) is 9.59 Å². The third kappa shape index (κ3) is 2.43. The molecule has 0 bridgehead atoms. The Hall–Kier alpha value is -2.17. The van der Waals surface area contributed by atoms with Crippen LogP contribution >= 0.6 is 0 Å². The quantitative estimate of drug-likeness (QED) is 0.907. The molecule has 5 nitrogen and oxygen atoms in total. The summed E-state index contributed by atoms with van der Waals surface area (Å²) in [6.45, 7) is 0.599. The average Bonchev–Trinajstić information content (AvgIpc) is 2.48. The Labute approximate surface area is 116 Å². The van der Waals surface area contributed by atoms with Crippen LogP contribution in [-0.2, 0) is 25.8 Å². The summed E-state index contributed by atoms with van der Waals surface area (Å²) in [6.07, 6.45) is 7.94. The molecule has 104 valence electrons. The fraction of sp³-hybridized carbons (Fsp3) is 0.400. The van der Waals surface area contributed by atoms with Crippen LogP contribution in [0.3, 0.4) is 0 Å². The first-order valence-corrected chi connectivity index (χ1v) is 6.99. The van der Waals surface area contributed by atoms with Crippen LogP contribution in [0, 0.1) is 0 Å². The van der Waals surface area contributed by atoms with Gasteiger partial charge >= 0.3 is 5.69 Å². The molecule has 0 radical (unpaired) electrons. The van der Waals surface area contributed by atoms with Crippen molar-refractivity contribution in [1.82, 2.24) is 14.5 Å². The molecular formula is C15H17N3O2. The summed E-state index contributed by atoms with van der Waals surface area (Å²) in [4.78, 5) is 30.3. The topological polar surface area (TPSA) is 67.8 Å². The second-order valence-corrected chi connectivity index (χ2v) is 5.15. The van der Waals surface area contributed by atoms with Crippen molar-refractivity contribution in [3.05, 3.63) is 62.2 Å². The molecule has 0 aromatic carbocycles. The molecule has 0 unspecified atom stereocenters. The smallest absolute Gasteiger partial charge is 0.297 e. The van der Waals surface area contributed by atoms with Crippen molar-refractivity contribution in [3.8, 4) is 0 Å². The van der Waals surface area contributed by atoms with Gasteiger partial charge in [0.05, 0.1) is 0 Å². The predicted molar refractivity (Wildman–Crippen MR) is 75.9 cm³/mol. The van der Waals surface area contributed by atoms with Crippen LogP contribution in [0.2, 0.25) is 0 Å². The number of nitrogens with one attached hydrogen (secondary N) is 1. The molecule has 0 fully saturated rings. The van der Waals surface area contributed by atoms with Gasteiger partial charge in [0.2, 0.25) is 0 Å². The first-order valence-electron chi connectivity index (χ1n) is 6.99. The lowest BCUT2D eigenvalue weighted by atomic mass is 9.96. The minimum atomic E-state index is -0.287. The Kier molecular flexibility index (Phi) is 3.50. The molecule has 0 saturated heterocycles. The van der Waals surface area contributed by atoms with E-state index < -0.39 is 0 Å². The van der Waals surface area contributed by atoms with Crippen molar-refractivity contribution in [2.24, 2.45) is 0 Å². The highest BCUT2D eigenvalue weighted by Gasteiger charge is 2.17. The minimum Gasteiger partial charge on any atom is -0.297 e. The molecule has 0 aliphatic heterocycles. The van der Waals surface area contributed by atoms with E-state index in [1.165, 1.54) is 0 Å². The van der Waals surface area contributed by atoms with Crippen molar-refractivity contribution < 1.29 is 0 Å². The van der Waals surface area contributed by atoms with Crippen molar-refractivity contribution in [2.75, 3.05) is 0 Å². The highest BCUT2D eigenvalue weighted by Crippen LogP contribution is 2.16. The van der Waals surface area contributed by atoms with Gasteiger partial charge in [0.15, 0.2) is 0 Å². The molecule has 20 heavy (non-hydrogen) atoms. The Morgan fingerprint density at radius 2 is 1.90 bits per heavy atom. The lowest BCUT2D eigenvalue weighted by molar-refractivity contribution is 0.552. The third-order valence-corrected chi connectivity index (χ3v) is 3.88. The largest absolute Gasteiger partial charge is 0.328 e. The number of nitrogens with zero attached hydrogens (tertiary/aromatic N) is 2. The van der Waals surface area contributed by atoms with E-state index in [1.54, 1.807) is 17.0 Å². The first kappa shape index (κ1) is 12.8. The number of aromatic nitrogens is 3. The van der Waals surface area contributed by atoms with Crippen LogP contribution in [0.4, 0.5) is 0 Å². The molecule has 1 aliphatic rings. The van der Waals surface area contributed by atoms with Crippen molar-refractivity contribution in [1.29, 1.82) is 0 Å². The van der Waals surface area contributed by atoms with Crippen molar-refractivity contribution in [2.45, 2.75) is 38.6 Å². The van der Waals surface area contributed by atoms with E-state index in [0.29, 0.717) is 6.54 Å². The molecule has 1 aliphatic carbocycles. The van der Waals surface area contributed by atoms with Crippen molar-refractivity contribution in [3.63, 3.8) is 0 Å². The molecule has 1 N–H and O–H groups in total. The first-order chi connectivity index (χ1) is 9.75. The third-order valence-electron chi connectivity index (χ3n) is 3.88. The lowest BCUT2D eigenvalue weighted by Crippen LogP contribution is -2.37. The van der Waals surface area contributed by atoms with E-state index in [1.807, 2.05) is 12.1 Å². The fourth-order valence-corrected chi connectivity index (χ4v) is 2.82. The number of pyridine rings is 1. The van der Waals surface area contributed by atoms with E-state index in [4.69, 9.17) is 0 Å². The molecule has 5 heteroatoms. The maximum Gasteiger partial charge on any atom is 0.328 e. The van der Waals surface area contributed by atoms with Crippen LogP contribution in [0.15, 0.2) is 34.1 Å². The molecule has 0 spiro atoms. The predicted octanol–water partition coefficient (Wildman–Crippen LogP) is 1.05. The average molecular weight is 271 g/mol. The zero-order valence-corrected chi connectivity index (χ0v) is 11.3. The highest BCUT2D eigenvalue weighted by molar-refractivity contribution is 5.21. The monoisotopic (exact) mass is 271 g/mol.